The van der Waals surface area contributed by atoms with Gasteiger partial charge in [-0.25, -0.2) is 13.8 Å². The summed E-state index contributed by atoms with van der Waals surface area (Å²) in [5.74, 6) is -2.42. The van der Waals surface area contributed by atoms with Crippen molar-refractivity contribution in [1.29, 1.82) is 5.26 Å². The Bertz CT molecular complexity index is 1190. The zero-order valence-corrected chi connectivity index (χ0v) is 18.0. The van der Waals surface area contributed by atoms with E-state index in [0.29, 0.717) is 10.7 Å². The van der Waals surface area contributed by atoms with Crippen molar-refractivity contribution in [2.45, 2.75) is 19.3 Å². The van der Waals surface area contributed by atoms with Gasteiger partial charge in [-0.15, -0.1) is 0 Å². The van der Waals surface area contributed by atoms with E-state index in [4.69, 9.17) is 26.0 Å². The van der Waals surface area contributed by atoms with Gasteiger partial charge in [0.25, 0.3) is 5.91 Å². The summed E-state index contributed by atoms with van der Waals surface area (Å²) in [6, 6.07) is 11.6. The maximum absolute atomic E-state index is 13.9. The number of aryl methyl sites for hydroxylation is 1. The number of ether oxygens (including phenoxy) is 1. The summed E-state index contributed by atoms with van der Waals surface area (Å²) < 4.78 is 37.4. The molecule has 0 aliphatic heterocycles. The number of oxazole rings is 1. The second kappa shape index (κ2) is 11.2. The lowest BCUT2D eigenvalue weighted by Crippen LogP contribution is -2.35. The highest BCUT2D eigenvalue weighted by Gasteiger charge is 2.19. The topological polar surface area (TPSA) is 96.4 Å². The predicted molar refractivity (Wildman–Crippen MR) is 115 cm³/mol. The summed E-state index contributed by atoms with van der Waals surface area (Å²) in [5.41, 5.74) is 0.529. The average molecular weight is 474 g/mol. The lowest BCUT2D eigenvalue weighted by Gasteiger charge is -2.21. The summed E-state index contributed by atoms with van der Waals surface area (Å²) in [6.45, 7) is -0.402. The van der Waals surface area contributed by atoms with E-state index in [9.17, 15) is 18.4 Å². The van der Waals surface area contributed by atoms with Crippen LogP contribution in [0.1, 0.15) is 18.7 Å². The van der Waals surface area contributed by atoms with E-state index in [1.54, 1.807) is 24.3 Å². The lowest BCUT2D eigenvalue weighted by atomic mass is 10.2. The van der Waals surface area contributed by atoms with E-state index in [0.717, 1.165) is 12.1 Å². The lowest BCUT2D eigenvalue weighted by molar-refractivity contribution is -0.147. The molecule has 3 aromatic rings. The van der Waals surface area contributed by atoms with Gasteiger partial charge < -0.3 is 14.1 Å². The molecule has 0 aliphatic rings. The molecule has 1 amide bonds. The van der Waals surface area contributed by atoms with Crippen molar-refractivity contribution in [3.05, 3.63) is 71.2 Å². The van der Waals surface area contributed by atoms with Crippen LogP contribution in [0.2, 0.25) is 5.02 Å². The molecule has 0 saturated heterocycles. The molecule has 0 spiro atoms. The molecule has 2 aromatic carbocycles. The van der Waals surface area contributed by atoms with Crippen molar-refractivity contribution < 1.29 is 27.5 Å². The maximum atomic E-state index is 13.9. The molecule has 0 unspecified atom stereocenters. The number of nitrogens with zero attached hydrogens (tertiary/aromatic N) is 3. The molecular formula is C23H18ClF2N3O4. The van der Waals surface area contributed by atoms with Gasteiger partial charge in [0, 0.05) is 29.7 Å². The largest absolute Gasteiger partial charge is 0.456 e. The van der Waals surface area contributed by atoms with E-state index in [-0.39, 0.29) is 43.0 Å². The van der Waals surface area contributed by atoms with Crippen molar-refractivity contribution in [3.8, 4) is 17.4 Å². The number of hydrogen-bond donors (Lipinski definition) is 0. The van der Waals surface area contributed by atoms with Crippen LogP contribution in [0, 0.1) is 23.0 Å². The van der Waals surface area contributed by atoms with Crippen LogP contribution < -0.4 is 4.90 Å². The number of nitriles is 1. The van der Waals surface area contributed by atoms with Gasteiger partial charge in [0.05, 0.1) is 30.7 Å². The van der Waals surface area contributed by atoms with E-state index >= 15 is 0 Å². The van der Waals surface area contributed by atoms with Gasteiger partial charge in [-0.3, -0.25) is 9.59 Å². The first-order chi connectivity index (χ1) is 15.9. The number of aromatic nitrogens is 1. The van der Waals surface area contributed by atoms with Crippen molar-refractivity contribution in [1.82, 2.24) is 4.98 Å². The minimum Gasteiger partial charge on any atom is -0.456 e. The Labute approximate surface area is 193 Å². The SMILES string of the molecule is N#CCCN(C(=O)COC(=O)CCc1ncc(-c2ccc(F)cc2F)o1)c1cccc(Cl)c1. The minimum atomic E-state index is -0.795. The second-order valence-electron chi connectivity index (χ2n) is 6.84. The number of halogens is 3. The molecule has 1 aromatic heterocycles. The predicted octanol–water partition coefficient (Wildman–Crippen LogP) is 4.70. The van der Waals surface area contributed by atoms with Crippen LogP contribution in [-0.2, 0) is 20.7 Å². The zero-order chi connectivity index (χ0) is 23.8. The van der Waals surface area contributed by atoms with Crippen LogP contribution in [0.15, 0.2) is 53.1 Å². The fraction of sp³-hybridized carbons (Fsp3) is 0.217. The van der Waals surface area contributed by atoms with E-state index < -0.39 is 30.1 Å². The molecule has 0 saturated carbocycles. The Balaban J connectivity index is 1.54. The van der Waals surface area contributed by atoms with Gasteiger partial charge in [-0.1, -0.05) is 17.7 Å². The Hall–Kier alpha value is -3.77. The van der Waals surface area contributed by atoms with Gasteiger partial charge in [0.1, 0.15) is 11.6 Å². The van der Waals surface area contributed by atoms with Crippen LogP contribution in [0.25, 0.3) is 11.3 Å². The number of rotatable bonds is 9. The maximum Gasteiger partial charge on any atom is 0.306 e. The second-order valence-corrected chi connectivity index (χ2v) is 7.27. The Morgan fingerprint density at radius 3 is 2.76 bits per heavy atom. The molecule has 0 aliphatic carbocycles. The standard InChI is InChI=1S/C23H18ClF2N3O4/c24-15-3-1-4-17(11-15)29(10-2-9-27)22(30)14-32-23(31)8-7-21-28-13-20(33-21)18-6-5-16(25)12-19(18)26/h1,3-6,11-13H,2,7-8,10,14H2. The van der Waals surface area contributed by atoms with Crippen molar-refractivity contribution in [2.24, 2.45) is 0 Å². The molecule has 0 fully saturated rings. The number of carbonyl (C=O) groups excluding carboxylic acids is 2. The number of anilines is 1. The van der Waals surface area contributed by atoms with Gasteiger partial charge in [0.2, 0.25) is 0 Å². The van der Waals surface area contributed by atoms with Crippen LogP contribution in [0.5, 0.6) is 0 Å². The van der Waals surface area contributed by atoms with Crippen LogP contribution in [0.3, 0.4) is 0 Å². The first-order valence-electron chi connectivity index (χ1n) is 9.86. The van der Waals surface area contributed by atoms with Crippen molar-refractivity contribution in [2.75, 3.05) is 18.1 Å². The molecule has 33 heavy (non-hydrogen) atoms. The Morgan fingerprint density at radius 2 is 2.03 bits per heavy atom. The first-order valence-corrected chi connectivity index (χ1v) is 10.2. The third kappa shape index (κ3) is 6.60. The van der Waals surface area contributed by atoms with Crippen molar-refractivity contribution >= 4 is 29.2 Å². The molecular weight excluding hydrogens is 456 g/mol. The molecule has 1 heterocycles. The number of hydrogen-bond acceptors (Lipinski definition) is 6. The molecule has 10 heteroatoms. The number of benzene rings is 2. The number of amides is 1. The highest BCUT2D eigenvalue weighted by Crippen LogP contribution is 2.25. The summed E-state index contributed by atoms with van der Waals surface area (Å²) in [6.07, 6.45) is 1.29. The molecule has 0 bridgehead atoms. The molecule has 3 rings (SSSR count). The smallest absolute Gasteiger partial charge is 0.306 e. The van der Waals surface area contributed by atoms with Crippen LogP contribution in [-0.4, -0.2) is 30.0 Å². The Kier molecular flexibility index (Phi) is 8.11. The molecule has 0 radical (unpaired) electrons. The van der Waals surface area contributed by atoms with Gasteiger partial charge in [-0.05, 0) is 30.3 Å². The van der Waals surface area contributed by atoms with E-state index in [1.807, 2.05) is 6.07 Å². The summed E-state index contributed by atoms with van der Waals surface area (Å²) in [4.78, 5) is 29.9. The van der Waals surface area contributed by atoms with Crippen molar-refractivity contribution in [3.63, 3.8) is 0 Å². The molecule has 0 atom stereocenters. The molecule has 7 nitrogen and oxygen atoms in total. The third-order valence-electron chi connectivity index (χ3n) is 4.52. The van der Waals surface area contributed by atoms with Crippen LogP contribution in [0.4, 0.5) is 14.5 Å². The van der Waals surface area contributed by atoms with Gasteiger partial charge >= 0.3 is 5.97 Å². The summed E-state index contributed by atoms with van der Waals surface area (Å²) in [7, 11) is 0. The minimum absolute atomic E-state index is 0.0433. The van der Waals surface area contributed by atoms with Crippen LogP contribution >= 0.6 is 11.6 Å². The normalized spacial score (nSPS) is 10.5. The fourth-order valence-corrected chi connectivity index (χ4v) is 3.13. The fourth-order valence-electron chi connectivity index (χ4n) is 2.94. The zero-order valence-electron chi connectivity index (χ0n) is 17.3. The quantitative estimate of drug-likeness (QED) is 0.418. The highest BCUT2D eigenvalue weighted by molar-refractivity contribution is 6.30. The summed E-state index contributed by atoms with van der Waals surface area (Å²) in [5, 5.41) is 9.27. The first kappa shape index (κ1) is 23.9. The molecule has 170 valence electrons. The van der Waals surface area contributed by atoms with Gasteiger partial charge in [0.15, 0.2) is 18.3 Å². The number of esters is 1. The molecule has 0 N–H and O–H groups in total. The number of carbonyl (C=O) groups is 2. The monoisotopic (exact) mass is 473 g/mol. The summed E-state index contributed by atoms with van der Waals surface area (Å²) >= 11 is 5.97. The Morgan fingerprint density at radius 1 is 1.21 bits per heavy atom. The van der Waals surface area contributed by atoms with E-state index in [1.165, 1.54) is 17.2 Å². The van der Waals surface area contributed by atoms with Gasteiger partial charge in [-0.2, -0.15) is 5.26 Å². The highest BCUT2D eigenvalue weighted by atomic mass is 35.5. The van der Waals surface area contributed by atoms with E-state index in [2.05, 4.69) is 4.98 Å². The average Bonchev–Trinajstić information content (AvgIpc) is 3.25. The third-order valence-corrected chi connectivity index (χ3v) is 4.75.